The van der Waals surface area contributed by atoms with Gasteiger partial charge in [-0.25, -0.2) is 13.8 Å². The summed E-state index contributed by atoms with van der Waals surface area (Å²) >= 11 is 1.57. The van der Waals surface area contributed by atoms with E-state index in [4.69, 9.17) is 5.73 Å². The van der Waals surface area contributed by atoms with Crippen LogP contribution in [-0.4, -0.2) is 17.5 Å². The van der Waals surface area contributed by atoms with E-state index in [2.05, 4.69) is 15.3 Å². The number of nitrogens with one attached hydrogen (secondary N) is 1. The quantitative estimate of drug-likeness (QED) is 0.673. The molecule has 0 spiro atoms. The SMILES string of the molecule is Cc1csc(C(C)CN=C(N)Nc2cc(F)ccc2F)n1. The van der Waals surface area contributed by atoms with Gasteiger partial charge in [0.25, 0.3) is 0 Å². The van der Waals surface area contributed by atoms with Gasteiger partial charge >= 0.3 is 0 Å². The Balaban J connectivity index is 1.99. The van der Waals surface area contributed by atoms with Crippen molar-refractivity contribution in [1.29, 1.82) is 0 Å². The molecule has 2 aromatic rings. The summed E-state index contributed by atoms with van der Waals surface area (Å²) in [5.74, 6) is -0.975. The third kappa shape index (κ3) is 4.22. The molecular weight excluding hydrogens is 294 g/mol. The Kier molecular flexibility index (Phi) is 4.85. The van der Waals surface area contributed by atoms with Crippen molar-refractivity contribution in [2.75, 3.05) is 11.9 Å². The molecule has 21 heavy (non-hydrogen) atoms. The molecule has 0 aliphatic heterocycles. The van der Waals surface area contributed by atoms with Gasteiger partial charge in [0.15, 0.2) is 5.96 Å². The van der Waals surface area contributed by atoms with E-state index >= 15 is 0 Å². The molecule has 1 unspecified atom stereocenters. The second-order valence-electron chi connectivity index (χ2n) is 4.70. The monoisotopic (exact) mass is 310 g/mol. The fourth-order valence-corrected chi connectivity index (χ4v) is 2.53. The highest BCUT2D eigenvalue weighted by Gasteiger charge is 2.10. The van der Waals surface area contributed by atoms with Gasteiger partial charge in [-0.3, -0.25) is 4.99 Å². The maximum Gasteiger partial charge on any atom is 0.193 e. The molecule has 0 radical (unpaired) electrons. The lowest BCUT2D eigenvalue weighted by Crippen LogP contribution is -2.24. The van der Waals surface area contributed by atoms with Crippen molar-refractivity contribution in [3.8, 4) is 0 Å². The smallest absolute Gasteiger partial charge is 0.193 e. The highest BCUT2D eigenvalue weighted by Crippen LogP contribution is 2.20. The molecule has 0 aliphatic carbocycles. The molecule has 3 N–H and O–H groups in total. The molecule has 0 aliphatic rings. The third-order valence-corrected chi connectivity index (χ3v) is 3.98. The predicted molar refractivity (Wildman–Crippen MR) is 81.7 cm³/mol. The summed E-state index contributed by atoms with van der Waals surface area (Å²) in [6.45, 7) is 4.33. The molecule has 1 aromatic heterocycles. The first-order chi connectivity index (χ1) is 9.95. The van der Waals surface area contributed by atoms with Crippen molar-refractivity contribution < 1.29 is 8.78 Å². The molecule has 1 atom stereocenters. The van der Waals surface area contributed by atoms with Gasteiger partial charge in [-0.05, 0) is 19.1 Å². The van der Waals surface area contributed by atoms with E-state index < -0.39 is 11.6 Å². The summed E-state index contributed by atoms with van der Waals surface area (Å²) in [5.41, 5.74) is 6.63. The van der Waals surface area contributed by atoms with Crippen molar-refractivity contribution in [3.05, 3.63) is 45.9 Å². The Labute approximate surface area is 125 Å². The minimum atomic E-state index is -0.585. The van der Waals surface area contributed by atoms with Gasteiger partial charge < -0.3 is 11.1 Å². The van der Waals surface area contributed by atoms with Crippen molar-refractivity contribution in [2.24, 2.45) is 10.7 Å². The van der Waals surface area contributed by atoms with Gasteiger partial charge in [0.05, 0.1) is 17.2 Å². The van der Waals surface area contributed by atoms with Gasteiger partial charge in [0.1, 0.15) is 11.6 Å². The fourth-order valence-electron chi connectivity index (χ4n) is 1.68. The molecule has 0 amide bonds. The fraction of sp³-hybridized carbons (Fsp3) is 0.286. The number of guanidine groups is 1. The van der Waals surface area contributed by atoms with Crippen LogP contribution in [0.4, 0.5) is 14.5 Å². The van der Waals surface area contributed by atoms with Crippen LogP contribution in [0.3, 0.4) is 0 Å². The number of benzene rings is 1. The van der Waals surface area contributed by atoms with Gasteiger partial charge in [-0.15, -0.1) is 11.3 Å². The number of nitrogens with two attached hydrogens (primary N) is 1. The van der Waals surface area contributed by atoms with Crippen LogP contribution >= 0.6 is 11.3 Å². The number of nitrogens with zero attached hydrogens (tertiary/aromatic N) is 2. The molecule has 0 bridgehead atoms. The lowest BCUT2D eigenvalue weighted by molar-refractivity contribution is 0.604. The van der Waals surface area contributed by atoms with Crippen LogP contribution < -0.4 is 11.1 Å². The Morgan fingerprint density at radius 1 is 1.48 bits per heavy atom. The Morgan fingerprint density at radius 3 is 2.90 bits per heavy atom. The van der Waals surface area contributed by atoms with Crippen molar-refractivity contribution in [3.63, 3.8) is 0 Å². The molecule has 0 fully saturated rings. The maximum absolute atomic E-state index is 13.4. The molecule has 4 nitrogen and oxygen atoms in total. The highest BCUT2D eigenvalue weighted by molar-refractivity contribution is 7.09. The zero-order valence-corrected chi connectivity index (χ0v) is 12.5. The van der Waals surface area contributed by atoms with E-state index in [-0.39, 0.29) is 17.6 Å². The topological polar surface area (TPSA) is 63.3 Å². The number of hydrogen-bond donors (Lipinski definition) is 2. The molecule has 1 aromatic carbocycles. The van der Waals surface area contributed by atoms with Crippen LogP contribution in [0.1, 0.15) is 23.5 Å². The first-order valence-corrected chi connectivity index (χ1v) is 7.27. The molecule has 7 heteroatoms. The van der Waals surface area contributed by atoms with E-state index in [1.807, 2.05) is 19.2 Å². The predicted octanol–water partition coefficient (Wildman–Crippen LogP) is 3.26. The van der Waals surface area contributed by atoms with Crippen molar-refractivity contribution >= 4 is 23.0 Å². The van der Waals surface area contributed by atoms with Crippen LogP contribution in [0.15, 0.2) is 28.6 Å². The van der Waals surface area contributed by atoms with E-state index in [1.165, 1.54) is 0 Å². The molecule has 112 valence electrons. The number of aliphatic imine (C=N–C) groups is 1. The largest absolute Gasteiger partial charge is 0.370 e. The van der Waals surface area contributed by atoms with Crippen LogP contribution in [0.2, 0.25) is 0 Å². The normalized spacial score (nSPS) is 13.2. The molecule has 1 heterocycles. The summed E-state index contributed by atoms with van der Waals surface area (Å²) < 4.78 is 26.5. The first kappa shape index (κ1) is 15.4. The zero-order chi connectivity index (χ0) is 15.4. The first-order valence-electron chi connectivity index (χ1n) is 6.39. The highest BCUT2D eigenvalue weighted by atomic mass is 32.1. The van der Waals surface area contributed by atoms with E-state index in [0.29, 0.717) is 6.54 Å². The van der Waals surface area contributed by atoms with Gasteiger partial charge in [-0.1, -0.05) is 6.92 Å². The van der Waals surface area contributed by atoms with Crippen molar-refractivity contribution in [2.45, 2.75) is 19.8 Å². The van der Waals surface area contributed by atoms with Crippen LogP contribution in [0.25, 0.3) is 0 Å². The average molecular weight is 310 g/mol. The van der Waals surface area contributed by atoms with E-state index in [1.54, 1.807) is 11.3 Å². The van der Waals surface area contributed by atoms with Crippen LogP contribution in [-0.2, 0) is 0 Å². The zero-order valence-electron chi connectivity index (χ0n) is 11.7. The second-order valence-corrected chi connectivity index (χ2v) is 5.59. The molecular formula is C14H16F2N4S. The lowest BCUT2D eigenvalue weighted by Gasteiger charge is -2.08. The summed E-state index contributed by atoms with van der Waals surface area (Å²) in [5, 5.41) is 5.50. The summed E-state index contributed by atoms with van der Waals surface area (Å²) in [6, 6.07) is 3.11. The Bertz CT molecular complexity index is 654. The van der Waals surface area contributed by atoms with Gasteiger partial charge in [-0.2, -0.15) is 0 Å². The maximum atomic E-state index is 13.4. The minimum Gasteiger partial charge on any atom is -0.370 e. The number of thiazole rings is 1. The average Bonchev–Trinajstić information content (AvgIpc) is 2.87. The molecule has 0 saturated carbocycles. The van der Waals surface area contributed by atoms with E-state index in [0.717, 1.165) is 28.9 Å². The third-order valence-electron chi connectivity index (χ3n) is 2.78. The van der Waals surface area contributed by atoms with Crippen LogP contribution in [0, 0.1) is 18.6 Å². The molecule has 2 rings (SSSR count). The lowest BCUT2D eigenvalue weighted by atomic mass is 10.2. The van der Waals surface area contributed by atoms with Crippen LogP contribution in [0.5, 0.6) is 0 Å². The Hall–Kier alpha value is -2.02. The van der Waals surface area contributed by atoms with Gasteiger partial charge in [0.2, 0.25) is 0 Å². The number of rotatable bonds is 4. The number of anilines is 1. The number of hydrogen-bond acceptors (Lipinski definition) is 3. The van der Waals surface area contributed by atoms with Gasteiger partial charge in [0, 0.05) is 23.1 Å². The second kappa shape index (κ2) is 6.62. The standard InChI is InChI=1S/C14H16F2N4S/c1-8(13-19-9(2)7-21-13)6-18-14(17)20-12-5-10(15)3-4-11(12)16/h3-5,7-8H,6H2,1-2H3,(H3,17,18,20). The number of aryl methyl sites for hydroxylation is 1. The summed E-state index contributed by atoms with van der Waals surface area (Å²) in [4.78, 5) is 8.51. The minimum absolute atomic E-state index is 0.0333. The number of aromatic nitrogens is 1. The molecule has 0 saturated heterocycles. The number of halogens is 2. The van der Waals surface area contributed by atoms with Crippen molar-refractivity contribution in [1.82, 2.24) is 4.98 Å². The Morgan fingerprint density at radius 2 is 2.24 bits per heavy atom. The summed E-state index contributed by atoms with van der Waals surface area (Å²) in [7, 11) is 0. The summed E-state index contributed by atoms with van der Waals surface area (Å²) in [6.07, 6.45) is 0. The van der Waals surface area contributed by atoms with E-state index in [9.17, 15) is 8.78 Å².